The molecule has 0 bridgehead atoms. The topological polar surface area (TPSA) is 208 Å². The van der Waals surface area contributed by atoms with Crippen LogP contribution < -0.4 is 27.8 Å². The molecule has 44 heavy (non-hydrogen) atoms. The summed E-state index contributed by atoms with van der Waals surface area (Å²) in [6, 6.07) is 13.8. The number of amides is 2. The maximum absolute atomic E-state index is 11.6. The van der Waals surface area contributed by atoms with E-state index in [0.717, 1.165) is 53.5 Å². The van der Waals surface area contributed by atoms with Gasteiger partial charge in [0, 0.05) is 19.6 Å². The third kappa shape index (κ3) is 8.94. The van der Waals surface area contributed by atoms with E-state index >= 15 is 0 Å². The fraction of sp³-hybridized carbons (Fsp3) is 0.419. The lowest BCUT2D eigenvalue weighted by atomic mass is 9.82. The molecule has 1 fully saturated rings. The van der Waals surface area contributed by atoms with Crippen molar-refractivity contribution in [2.75, 3.05) is 36.8 Å². The van der Waals surface area contributed by atoms with Crippen molar-refractivity contribution in [3.63, 3.8) is 0 Å². The molecule has 0 spiro atoms. The largest absolute Gasteiger partial charge is 0.369 e. The zero-order valence-corrected chi connectivity index (χ0v) is 25.0. The first kappa shape index (κ1) is 32.3. The molecule has 13 nitrogen and oxygen atoms in total. The molecule has 0 radical (unpaired) electrons. The van der Waals surface area contributed by atoms with Gasteiger partial charge < -0.3 is 27.8 Å². The van der Waals surface area contributed by atoms with Crippen molar-refractivity contribution in [1.29, 1.82) is 0 Å². The third-order valence-electron chi connectivity index (χ3n) is 8.11. The number of aromatic nitrogens is 2. The second-order valence-electron chi connectivity index (χ2n) is 11.4. The van der Waals surface area contributed by atoms with Crippen LogP contribution in [0, 0.1) is 28.9 Å². The van der Waals surface area contributed by atoms with E-state index in [1.807, 2.05) is 49.4 Å². The number of carbonyl (C=O) groups excluding carboxylic acids is 2. The standard InChI is InChI=1S/C31H41N9O4/c1-20-25(6-3-7-26(20)24-5-2-4-23(12-24)17-39(18-28(33)41)19-29(34)42)15-36-31-37-16-27(40(43)44)30(38-31)35-14-22-10-8-21(13-32)9-11-22/h2-7,12,16,21-22H,8-11,13-15,17-19,32H2,1H3,(H2,33,41)(H2,34,42)(H2,35,36,37,38). The fourth-order valence-corrected chi connectivity index (χ4v) is 5.70. The van der Waals surface area contributed by atoms with Gasteiger partial charge in [0.05, 0.1) is 18.0 Å². The maximum Gasteiger partial charge on any atom is 0.329 e. The zero-order chi connectivity index (χ0) is 31.6. The van der Waals surface area contributed by atoms with Crippen molar-refractivity contribution in [3.8, 4) is 11.1 Å². The summed E-state index contributed by atoms with van der Waals surface area (Å²) in [6.07, 6.45) is 5.46. The molecule has 2 aromatic carbocycles. The molecule has 1 saturated carbocycles. The number of nitro groups is 1. The number of anilines is 2. The Morgan fingerprint density at radius 2 is 1.70 bits per heavy atom. The highest BCUT2D eigenvalue weighted by Crippen LogP contribution is 2.30. The Morgan fingerprint density at radius 1 is 1.02 bits per heavy atom. The van der Waals surface area contributed by atoms with Crippen molar-refractivity contribution in [2.24, 2.45) is 29.0 Å². The monoisotopic (exact) mass is 603 g/mol. The number of hydrogen-bond donors (Lipinski definition) is 5. The van der Waals surface area contributed by atoms with Crippen LogP contribution in [0.2, 0.25) is 0 Å². The minimum absolute atomic E-state index is 0.0783. The van der Waals surface area contributed by atoms with Crippen LogP contribution in [-0.4, -0.2) is 57.8 Å². The average molecular weight is 604 g/mol. The van der Waals surface area contributed by atoms with Gasteiger partial charge in [-0.25, -0.2) is 4.98 Å². The first-order valence-electron chi connectivity index (χ1n) is 14.8. The second kappa shape index (κ2) is 15.2. The summed E-state index contributed by atoms with van der Waals surface area (Å²) in [5, 5.41) is 18.1. The highest BCUT2D eigenvalue weighted by molar-refractivity contribution is 5.79. The van der Waals surface area contributed by atoms with Gasteiger partial charge in [-0.3, -0.25) is 24.6 Å². The van der Waals surface area contributed by atoms with Crippen LogP contribution in [0.4, 0.5) is 17.5 Å². The summed E-state index contributed by atoms with van der Waals surface area (Å²) in [7, 11) is 0. The van der Waals surface area contributed by atoms with E-state index in [4.69, 9.17) is 17.2 Å². The number of nitrogens with one attached hydrogen (secondary N) is 2. The normalized spacial score (nSPS) is 16.4. The van der Waals surface area contributed by atoms with E-state index in [2.05, 4.69) is 20.6 Å². The van der Waals surface area contributed by atoms with Gasteiger partial charge in [0.25, 0.3) is 0 Å². The van der Waals surface area contributed by atoms with Crippen LogP contribution in [0.25, 0.3) is 11.1 Å². The molecule has 234 valence electrons. The smallest absolute Gasteiger partial charge is 0.329 e. The summed E-state index contributed by atoms with van der Waals surface area (Å²) in [5.74, 6) is 0.403. The molecule has 0 unspecified atom stereocenters. The molecule has 1 aliphatic rings. The van der Waals surface area contributed by atoms with Crippen molar-refractivity contribution in [2.45, 2.75) is 45.7 Å². The Hall–Kier alpha value is -4.62. The van der Waals surface area contributed by atoms with E-state index in [9.17, 15) is 19.7 Å². The predicted molar refractivity (Wildman–Crippen MR) is 169 cm³/mol. The number of rotatable bonds is 15. The molecule has 2 amide bonds. The van der Waals surface area contributed by atoms with Crippen LogP contribution in [-0.2, 0) is 22.7 Å². The first-order valence-corrected chi connectivity index (χ1v) is 14.8. The SMILES string of the molecule is Cc1c(CNc2ncc([N+](=O)[O-])c(NCC3CCC(CN)CC3)n2)cccc1-c1cccc(CN(CC(N)=O)CC(N)=O)c1. The number of carbonyl (C=O) groups is 2. The summed E-state index contributed by atoms with van der Waals surface area (Å²) in [5.41, 5.74) is 21.3. The fourth-order valence-electron chi connectivity index (χ4n) is 5.70. The first-order chi connectivity index (χ1) is 21.1. The number of primary amides is 2. The van der Waals surface area contributed by atoms with Crippen LogP contribution in [0.15, 0.2) is 48.7 Å². The molecule has 1 aliphatic carbocycles. The molecule has 3 aromatic rings. The summed E-state index contributed by atoms with van der Waals surface area (Å²) in [4.78, 5) is 44.4. The van der Waals surface area contributed by atoms with Crippen molar-refractivity contribution in [1.82, 2.24) is 14.9 Å². The van der Waals surface area contributed by atoms with Crippen LogP contribution in [0.3, 0.4) is 0 Å². The van der Waals surface area contributed by atoms with Gasteiger partial charge in [-0.05, 0) is 84.9 Å². The van der Waals surface area contributed by atoms with Crippen LogP contribution in [0.5, 0.6) is 0 Å². The minimum Gasteiger partial charge on any atom is -0.369 e. The molecular weight excluding hydrogens is 562 g/mol. The Labute approximate surface area is 256 Å². The minimum atomic E-state index is -0.538. The lowest BCUT2D eigenvalue weighted by Crippen LogP contribution is -2.39. The molecule has 0 aliphatic heterocycles. The lowest BCUT2D eigenvalue weighted by Gasteiger charge is -2.27. The summed E-state index contributed by atoms with van der Waals surface area (Å²) >= 11 is 0. The molecule has 0 saturated heterocycles. The maximum atomic E-state index is 11.6. The molecule has 13 heteroatoms. The van der Waals surface area contributed by atoms with Crippen molar-refractivity contribution >= 4 is 29.3 Å². The number of benzene rings is 2. The number of nitrogens with zero attached hydrogens (tertiary/aromatic N) is 4. The number of nitrogens with two attached hydrogens (primary N) is 3. The zero-order valence-electron chi connectivity index (χ0n) is 25.0. The van der Waals surface area contributed by atoms with Crippen molar-refractivity contribution < 1.29 is 14.5 Å². The van der Waals surface area contributed by atoms with Gasteiger partial charge in [0.2, 0.25) is 23.6 Å². The highest BCUT2D eigenvalue weighted by atomic mass is 16.6. The van der Waals surface area contributed by atoms with Gasteiger partial charge >= 0.3 is 5.69 Å². The lowest BCUT2D eigenvalue weighted by molar-refractivity contribution is -0.384. The van der Waals surface area contributed by atoms with Gasteiger partial charge in [0.1, 0.15) is 6.20 Å². The average Bonchev–Trinajstić information content (AvgIpc) is 2.99. The Balaban J connectivity index is 1.45. The van der Waals surface area contributed by atoms with Crippen LogP contribution in [0.1, 0.15) is 42.4 Å². The number of hydrogen-bond acceptors (Lipinski definition) is 10. The Bertz CT molecular complexity index is 1460. The van der Waals surface area contributed by atoms with E-state index < -0.39 is 16.7 Å². The Kier molecular flexibility index (Phi) is 11.2. The summed E-state index contributed by atoms with van der Waals surface area (Å²) in [6.45, 7) is 3.92. The Morgan fingerprint density at radius 3 is 2.36 bits per heavy atom. The van der Waals surface area contributed by atoms with E-state index in [1.54, 1.807) is 4.90 Å². The second-order valence-corrected chi connectivity index (χ2v) is 11.4. The quantitative estimate of drug-likeness (QED) is 0.127. The third-order valence-corrected chi connectivity index (χ3v) is 8.11. The molecule has 0 atom stereocenters. The highest BCUT2D eigenvalue weighted by Gasteiger charge is 2.23. The van der Waals surface area contributed by atoms with E-state index in [0.29, 0.717) is 44.0 Å². The van der Waals surface area contributed by atoms with Crippen LogP contribution >= 0.6 is 0 Å². The van der Waals surface area contributed by atoms with E-state index in [-0.39, 0.29) is 24.6 Å². The van der Waals surface area contributed by atoms with Gasteiger partial charge in [-0.1, -0.05) is 36.4 Å². The van der Waals surface area contributed by atoms with Crippen molar-refractivity contribution in [3.05, 3.63) is 75.5 Å². The predicted octanol–water partition coefficient (Wildman–Crippen LogP) is 2.92. The molecule has 4 rings (SSSR count). The molecular formula is C31H41N9O4. The van der Waals surface area contributed by atoms with Gasteiger partial charge in [-0.2, -0.15) is 4.98 Å². The van der Waals surface area contributed by atoms with Gasteiger partial charge in [0.15, 0.2) is 0 Å². The molecule has 1 heterocycles. The molecule has 1 aromatic heterocycles. The van der Waals surface area contributed by atoms with E-state index in [1.165, 1.54) is 6.20 Å². The summed E-state index contributed by atoms with van der Waals surface area (Å²) < 4.78 is 0. The van der Waals surface area contributed by atoms with Gasteiger partial charge in [-0.15, -0.1) is 0 Å². The molecule has 8 N–H and O–H groups in total.